The molecule has 0 aliphatic heterocycles. The van der Waals surface area contributed by atoms with Crippen molar-refractivity contribution < 1.29 is 4.79 Å². The topological polar surface area (TPSA) is 17.1 Å². The number of allylic oxidation sites excluding steroid dienone is 2. The van der Waals surface area contributed by atoms with Crippen molar-refractivity contribution >= 4 is 5.78 Å². The smallest absolute Gasteiger partial charge is 0.158 e. The van der Waals surface area contributed by atoms with E-state index < -0.39 is 0 Å². The van der Waals surface area contributed by atoms with Crippen LogP contribution in [-0.2, 0) is 4.79 Å². The zero-order valence-electron chi connectivity index (χ0n) is 7.39. The fourth-order valence-corrected chi connectivity index (χ4v) is 1.57. The summed E-state index contributed by atoms with van der Waals surface area (Å²) in [5.41, 5.74) is 1.08. The average molecular weight is 152 g/mol. The number of hydrogen-bond acceptors (Lipinski definition) is 1. The van der Waals surface area contributed by atoms with E-state index in [-0.39, 0.29) is 0 Å². The summed E-state index contributed by atoms with van der Waals surface area (Å²) in [6.45, 7) is 4.30. The highest BCUT2D eigenvalue weighted by Crippen LogP contribution is 2.25. The molecular weight excluding hydrogens is 136 g/mol. The van der Waals surface area contributed by atoms with Crippen LogP contribution in [0.1, 0.15) is 39.5 Å². The lowest BCUT2D eigenvalue weighted by Crippen LogP contribution is -2.14. The molecule has 0 bridgehead atoms. The minimum absolute atomic E-state index is 0.380. The van der Waals surface area contributed by atoms with Crippen molar-refractivity contribution in [3.05, 3.63) is 11.6 Å². The van der Waals surface area contributed by atoms with Crippen molar-refractivity contribution in [1.82, 2.24) is 0 Å². The van der Waals surface area contributed by atoms with Crippen LogP contribution < -0.4 is 0 Å². The highest BCUT2D eigenvalue weighted by molar-refractivity contribution is 5.95. The van der Waals surface area contributed by atoms with Crippen LogP contribution >= 0.6 is 0 Å². The van der Waals surface area contributed by atoms with E-state index in [1.54, 1.807) is 0 Å². The third-order valence-electron chi connectivity index (χ3n) is 2.24. The Hall–Kier alpha value is -0.590. The lowest BCUT2D eigenvalue weighted by Gasteiger charge is -2.18. The van der Waals surface area contributed by atoms with E-state index in [0.29, 0.717) is 11.7 Å². The molecule has 1 aliphatic carbocycles. The monoisotopic (exact) mass is 152 g/mol. The van der Waals surface area contributed by atoms with Crippen LogP contribution in [0.25, 0.3) is 0 Å². The predicted molar refractivity (Wildman–Crippen MR) is 46.4 cm³/mol. The summed E-state index contributed by atoms with van der Waals surface area (Å²) < 4.78 is 0. The zero-order valence-corrected chi connectivity index (χ0v) is 7.39. The number of Topliss-reactive ketones (excluding diaryl/α,β-unsaturated/α-hetero) is 1. The van der Waals surface area contributed by atoms with Gasteiger partial charge in [0.2, 0.25) is 0 Å². The molecule has 1 heteroatoms. The van der Waals surface area contributed by atoms with E-state index in [2.05, 4.69) is 19.9 Å². The number of carbonyl (C=O) groups excluding carboxylic acids is 1. The summed E-state index contributed by atoms with van der Waals surface area (Å²) >= 11 is 0. The zero-order chi connectivity index (χ0) is 8.27. The first kappa shape index (κ1) is 8.51. The average Bonchev–Trinajstić information content (AvgIpc) is 1.98. The first-order chi connectivity index (χ1) is 5.24. The molecule has 1 fully saturated rings. The Bertz CT molecular complexity index is 179. The van der Waals surface area contributed by atoms with Gasteiger partial charge in [-0.05, 0) is 30.8 Å². The predicted octanol–water partition coefficient (Wildman–Crippen LogP) is 2.71. The molecular formula is C10H16O. The van der Waals surface area contributed by atoms with Gasteiger partial charge in [0.1, 0.15) is 0 Å². The first-order valence-corrected chi connectivity index (χ1v) is 4.46. The third kappa shape index (κ3) is 2.18. The fraction of sp³-hybridized carbons (Fsp3) is 0.700. The standard InChI is InChI=1S/C10H16O/c1-3-4-9-7-8(2)5-6-10(9)11/h4,8H,3,5-7H2,1-2H3/b9-4-. The summed E-state index contributed by atoms with van der Waals surface area (Å²) in [6, 6.07) is 0. The molecule has 1 atom stereocenters. The SMILES string of the molecule is CC/C=C1/CC(C)CCC1=O. The Morgan fingerprint density at radius 3 is 3.00 bits per heavy atom. The van der Waals surface area contributed by atoms with Crippen molar-refractivity contribution in [2.75, 3.05) is 0 Å². The molecule has 0 saturated heterocycles. The molecule has 1 nitrogen and oxygen atoms in total. The van der Waals surface area contributed by atoms with Gasteiger partial charge in [-0.3, -0.25) is 4.79 Å². The largest absolute Gasteiger partial charge is 0.295 e. The van der Waals surface area contributed by atoms with Gasteiger partial charge in [0.25, 0.3) is 0 Å². The van der Waals surface area contributed by atoms with Gasteiger partial charge in [0, 0.05) is 6.42 Å². The van der Waals surface area contributed by atoms with Crippen molar-refractivity contribution in [3.8, 4) is 0 Å². The van der Waals surface area contributed by atoms with E-state index in [1.165, 1.54) is 0 Å². The highest BCUT2D eigenvalue weighted by Gasteiger charge is 2.19. The lowest BCUT2D eigenvalue weighted by atomic mass is 9.85. The molecule has 1 rings (SSSR count). The quantitative estimate of drug-likeness (QED) is 0.528. The summed E-state index contributed by atoms with van der Waals surface area (Å²) in [4.78, 5) is 11.3. The van der Waals surface area contributed by atoms with Crippen molar-refractivity contribution in [2.24, 2.45) is 5.92 Å². The fourth-order valence-electron chi connectivity index (χ4n) is 1.57. The normalized spacial score (nSPS) is 29.5. The molecule has 0 heterocycles. The maximum atomic E-state index is 11.3. The van der Waals surface area contributed by atoms with Gasteiger partial charge >= 0.3 is 0 Å². The molecule has 1 aliphatic rings. The number of hydrogen-bond donors (Lipinski definition) is 0. The van der Waals surface area contributed by atoms with Gasteiger partial charge < -0.3 is 0 Å². The number of carbonyl (C=O) groups is 1. The Morgan fingerprint density at radius 1 is 1.64 bits per heavy atom. The maximum Gasteiger partial charge on any atom is 0.158 e. The molecule has 0 radical (unpaired) electrons. The Kier molecular flexibility index (Phi) is 2.86. The maximum absolute atomic E-state index is 11.3. The molecule has 1 unspecified atom stereocenters. The van der Waals surface area contributed by atoms with Crippen LogP contribution in [0.3, 0.4) is 0 Å². The minimum atomic E-state index is 0.380. The van der Waals surface area contributed by atoms with Gasteiger partial charge in [-0.25, -0.2) is 0 Å². The van der Waals surface area contributed by atoms with Crippen LogP contribution in [0.5, 0.6) is 0 Å². The second kappa shape index (κ2) is 3.70. The van der Waals surface area contributed by atoms with Gasteiger partial charge in [0.05, 0.1) is 0 Å². The van der Waals surface area contributed by atoms with Gasteiger partial charge in [-0.2, -0.15) is 0 Å². The second-order valence-electron chi connectivity index (χ2n) is 3.41. The highest BCUT2D eigenvalue weighted by atomic mass is 16.1. The minimum Gasteiger partial charge on any atom is -0.295 e. The molecule has 0 aromatic carbocycles. The number of rotatable bonds is 1. The molecule has 0 N–H and O–H groups in total. The van der Waals surface area contributed by atoms with Crippen molar-refractivity contribution in [3.63, 3.8) is 0 Å². The van der Waals surface area contributed by atoms with E-state index in [4.69, 9.17) is 0 Å². The first-order valence-electron chi connectivity index (χ1n) is 4.46. The van der Waals surface area contributed by atoms with Crippen LogP contribution in [0.2, 0.25) is 0 Å². The van der Waals surface area contributed by atoms with E-state index >= 15 is 0 Å². The second-order valence-corrected chi connectivity index (χ2v) is 3.41. The summed E-state index contributed by atoms with van der Waals surface area (Å²) in [5.74, 6) is 1.09. The van der Waals surface area contributed by atoms with E-state index in [0.717, 1.165) is 31.3 Å². The Labute approximate surface area is 68.5 Å². The lowest BCUT2D eigenvalue weighted by molar-refractivity contribution is -0.116. The molecule has 0 aromatic rings. The number of ketones is 1. The summed E-state index contributed by atoms with van der Waals surface area (Å²) in [6.07, 6.45) is 5.94. The van der Waals surface area contributed by atoms with Crippen LogP contribution in [0, 0.1) is 5.92 Å². The van der Waals surface area contributed by atoms with Crippen molar-refractivity contribution in [2.45, 2.75) is 39.5 Å². The van der Waals surface area contributed by atoms with Gasteiger partial charge in [0.15, 0.2) is 5.78 Å². The molecule has 0 amide bonds. The summed E-state index contributed by atoms with van der Waals surface area (Å²) in [5, 5.41) is 0. The third-order valence-corrected chi connectivity index (χ3v) is 2.24. The van der Waals surface area contributed by atoms with Gasteiger partial charge in [-0.15, -0.1) is 0 Å². The molecule has 0 aromatic heterocycles. The molecule has 62 valence electrons. The van der Waals surface area contributed by atoms with Crippen LogP contribution in [0.4, 0.5) is 0 Å². The summed E-state index contributed by atoms with van der Waals surface area (Å²) in [7, 11) is 0. The van der Waals surface area contributed by atoms with Gasteiger partial charge in [-0.1, -0.05) is 19.9 Å². The van der Waals surface area contributed by atoms with Crippen molar-refractivity contribution in [1.29, 1.82) is 0 Å². The van der Waals surface area contributed by atoms with E-state index in [1.807, 2.05) is 0 Å². The van der Waals surface area contributed by atoms with E-state index in [9.17, 15) is 4.79 Å². The van der Waals surface area contributed by atoms with Crippen LogP contribution in [-0.4, -0.2) is 5.78 Å². The molecule has 1 saturated carbocycles. The molecule has 11 heavy (non-hydrogen) atoms. The Morgan fingerprint density at radius 2 is 2.36 bits per heavy atom. The van der Waals surface area contributed by atoms with Crippen LogP contribution in [0.15, 0.2) is 11.6 Å². The molecule has 0 spiro atoms. The Balaban J connectivity index is 2.61.